The van der Waals surface area contributed by atoms with Gasteiger partial charge in [0.25, 0.3) is 24.9 Å². The first-order valence-corrected chi connectivity index (χ1v) is 19.4. The number of H-pyrrole nitrogens is 2. The quantitative estimate of drug-likeness (QED) is 0.0446. The number of nitrogens with two attached hydrogens (primary N) is 2. The number of aryl methyl sites for hydroxylation is 1. The van der Waals surface area contributed by atoms with Crippen molar-refractivity contribution in [2.24, 2.45) is 7.05 Å². The lowest BCUT2D eigenvalue weighted by Crippen LogP contribution is -2.47. The van der Waals surface area contributed by atoms with Crippen LogP contribution in [0.1, 0.15) is 12.5 Å². The number of anilines is 2. The van der Waals surface area contributed by atoms with E-state index in [0.717, 1.165) is 15.8 Å². The molecule has 53 heavy (non-hydrogen) atoms. The molecule has 28 nitrogen and oxygen atoms in total. The van der Waals surface area contributed by atoms with E-state index >= 15 is 0 Å². The van der Waals surface area contributed by atoms with Gasteiger partial charge in [0.15, 0.2) is 23.7 Å². The Morgan fingerprint density at radius 3 is 2.32 bits per heavy atom. The van der Waals surface area contributed by atoms with Gasteiger partial charge in [-0.1, -0.05) is 4.98 Å². The SMILES string of the molecule is CO[C@@H]1[C@H](O)[C@@H](COP(=O)(O)NP(=O)(O)OP(=O)([O-])OC[C@H]2O[C@@H](n3cnc4c(=O)[nH]c(N)nc43)[C@H](O)[C@@H]2O)O[C@H]1[n+]1cn(C)c2c(=O)[nH]c(N)nc21. The zero-order chi connectivity index (χ0) is 38.8. The number of methoxy groups -OCH3 is 1. The molecule has 0 radical (unpaired) electrons. The van der Waals surface area contributed by atoms with Crippen LogP contribution >= 0.6 is 23.3 Å². The van der Waals surface area contributed by atoms with Gasteiger partial charge in [-0.05, 0) is 0 Å². The highest BCUT2D eigenvalue weighted by Gasteiger charge is 2.50. The zero-order valence-electron chi connectivity index (χ0n) is 27.0. The van der Waals surface area contributed by atoms with Crippen LogP contribution in [0.25, 0.3) is 22.3 Å². The van der Waals surface area contributed by atoms with Gasteiger partial charge in [0.05, 0.1) is 26.6 Å². The standard InChI is InChI=1S/C22H32N11O17P3/c1-31-6-33(16-10(31)18(38)29-22(24)27-16)20-14(45-2)12(35)8(49-20)3-46-51(39,40)30-52(41,42)50-53(43,44)47-4-7-11(34)13(36)19(48-7)32-5-25-9-15(32)26-21(23)28-17(9)37/h5-8,11-14,19-20,34-36H,3-4H2,1-2H3,(H9-,23,24,26,27,28,29,30,37,38,39,40,41,42,43,44)/t7-,8-,11-,12-,13-,14-,19-,20-/m1/s1. The number of imidazole rings is 2. The monoisotopic (exact) mass is 815 g/mol. The average molecular weight is 815 g/mol. The number of hydrogen-bond donors (Lipinski definition) is 10. The first-order valence-electron chi connectivity index (χ1n) is 14.8. The van der Waals surface area contributed by atoms with E-state index in [1.807, 2.05) is 0 Å². The minimum Gasteiger partial charge on any atom is -0.756 e. The van der Waals surface area contributed by atoms with Crippen LogP contribution in [0.2, 0.25) is 0 Å². The van der Waals surface area contributed by atoms with Crippen molar-refractivity contribution in [3.8, 4) is 0 Å². The number of aromatic nitrogens is 8. The Bertz CT molecular complexity index is 2300. The van der Waals surface area contributed by atoms with E-state index in [9.17, 15) is 53.3 Å². The van der Waals surface area contributed by atoms with Crippen molar-refractivity contribution in [2.45, 2.75) is 49.1 Å². The molecule has 292 valence electrons. The van der Waals surface area contributed by atoms with Crippen molar-refractivity contribution in [3.63, 3.8) is 0 Å². The van der Waals surface area contributed by atoms with Crippen LogP contribution in [0.15, 0.2) is 22.2 Å². The fourth-order valence-corrected chi connectivity index (χ4v) is 9.66. The smallest absolute Gasteiger partial charge is 0.418 e. The molecular weight excluding hydrogens is 783 g/mol. The van der Waals surface area contributed by atoms with E-state index in [1.54, 1.807) is 0 Å². The Kier molecular flexibility index (Phi) is 10.6. The summed E-state index contributed by atoms with van der Waals surface area (Å²) < 4.78 is 71.4. The molecule has 6 heterocycles. The van der Waals surface area contributed by atoms with Crippen molar-refractivity contribution in [2.75, 3.05) is 31.8 Å². The molecule has 0 aliphatic carbocycles. The van der Waals surface area contributed by atoms with Gasteiger partial charge in [0.1, 0.15) is 36.6 Å². The van der Waals surface area contributed by atoms with E-state index in [1.165, 1.54) is 29.6 Å². The second-order valence-electron chi connectivity index (χ2n) is 11.6. The number of nitrogens with zero attached hydrogens (tertiary/aromatic N) is 6. The van der Waals surface area contributed by atoms with Gasteiger partial charge in [-0.2, -0.15) is 4.98 Å². The van der Waals surface area contributed by atoms with Crippen LogP contribution in [0, 0.1) is 0 Å². The molecule has 0 bridgehead atoms. The summed E-state index contributed by atoms with van der Waals surface area (Å²) in [5.74, 6) is -0.537. The number of rotatable bonds is 13. The molecule has 6 rings (SSSR count). The number of aliphatic hydroxyl groups excluding tert-OH is 3. The third-order valence-corrected chi connectivity index (χ3v) is 12.7. The van der Waals surface area contributed by atoms with Crippen molar-refractivity contribution < 1.29 is 75.8 Å². The lowest BCUT2D eigenvalue weighted by molar-refractivity contribution is -0.746. The van der Waals surface area contributed by atoms with E-state index in [0.29, 0.717) is 0 Å². The highest BCUT2D eigenvalue weighted by atomic mass is 31.3. The predicted octanol–water partition coefficient (Wildman–Crippen LogP) is -4.95. The maximum atomic E-state index is 12.7. The van der Waals surface area contributed by atoms with Crippen molar-refractivity contribution in [3.05, 3.63) is 33.4 Å². The maximum Gasteiger partial charge on any atom is 0.418 e. The molecule has 4 aromatic heterocycles. The Morgan fingerprint density at radius 1 is 0.981 bits per heavy atom. The molecule has 12 N–H and O–H groups in total. The largest absolute Gasteiger partial charge is 0.756 e. The molecule has 2 saturated heterocycles. The summed E-state index contributed by atoms with van der Waals surface area (Å²) in [6.07, 6.45) is -9.69. The van der Waals surface area contributed by atoms with Gasteiger partial charge in [0.2, 0.25) is 17.7 Å². The summed E-state index contributed by atoms with van der Waals surface area (Å²) in [5, 5.41) is 31.8. The van der Waals surface area contributed by atoms with Gasteiger partial charge < -0.3 is 60.2 Å². The van der Waals surface area contributed by atoms with Crippen LogP contribution in [-0.4, -0.2) is 116 Å². The molecule has 2 fully saturated rings. The summed E-state index contributed by atoms with van der Waals surface area (Å²) in [4.78, 5) is 74.7. The van der Waals surface area contributed by atoms with Gasteiger partial charge in [-0.3, -0.25) is 37.8 Å². The lowest BCUT2D eigenvalue weighted by atomic mass is 10.1. The highest BCUT2D eigenvalue weighted by Crippen LogP contribution is 2.60. The number of phosphoric acid groups is 1. The second-order valence-corrected chi connectivity index (χ2v) is 16.5. The number of hydrogen-bond acceptors (Lipinski definition) is 20. The van der Waals surface area contributed by atoms with Crippen LogP contribution in [0.3, 0.4) is 0 Å². The molecule has 0 saturated carbocycles. The van der Waals surface area contributed by atoms with E-state index in [-0.39, 0.29) is 34.2 Å². The minimum absolute atomic E-state index is 0.0317. The van der Waals surface area contributed by atoms with Gasteiger partial charge in [0, 0.05) is 7.11 Å². The molecule has 2 aliphatic heterocycles. The first-order chi connectivity index (χ1) is 24.7. The Labute approximate surface area is 293 Å². The summed E-state index contributed by atoms with van der Waals surface area (Å²) in [7, 11) is -14.4. The van der Waals surface area contributed by atoms with Crippen LogP contribution in [-0.2, 0) is 48.3 Å². The van der Waals surface area contributed by atoms with Crippen LogP contribution < -0.4 is 36.9 Å². The summed E-state index contributed by atoms with van der Waals surface area (Å²) in [6.45, 7) is -2.07. The third kappa shape index (κ3) is 7.85. The number of nitrogen functional groups attached to an aromatic ring is 2. The third-order valence-electron chi connectivity index (χ3n) is 7.98. The molecule has 31 heteroatoms. The number of nitrogens with one attached hydrogen (secondary N) is 3. The van der Waals surface area contributed by atoms with Crippen LogP contribution in [0.4, 0.5) is 11.9 Å². The second kappa shape index (κ2) is 14.3. The first kappa shape index (κ1) is 39.2. The van der Waals surface area contributed by atoms with Crippen molar-refractivity contribution in [1.82, 2.24) is 38.9 Å². The van der Waals surface area contributed by atoms with Gasteiger partial charge in [-0.25, -0.2) is 23.0 Å². The fourth-order valence-electron chi connectivity index (χ4n) is 5.72. The molecule has 3 unspecified atom stereocenters. The molecule has 0 aromatic carbocycles. The van der Waals surface area contributed by atoms with Crippen molar-refractivity contribution in [1.29, 1.82) is 0 Å². The summed E-state index contributed by atoms with van der Waals surface area (Å²) >= 11 is 0. The minimum atomic E-state index is -5.87. The molecule has 11 atom stereocenters. The van der Waals surface area contributed by atoms with Gasteiger partial charge in [-0.15, -0.1) is 4.86 Å². The van der Waals surface area contributed by atoms with Crippen molar-refractivity contribution >= 4 is 57.5 Å². The zero-order valence-corrected chi connectivity index (χ0v) is 29.7. The summed E-state index contributed by atoms with van der Waals surface area (Å²) in [5.41, 5.74) is 9.67. The Balaban J connectivity index is 1.06. The van der Waals surface area contributed by atoms with Gasteiger partial charge >= 0.3 is 21.1 Å². The highest BCUT2D eigenvalue weighted by molar-refractivity contribution is 7.70. The lowest BCUT2D eigenvalue weighted by Gasteiger charge is -2.27. The van der Waals surface area contributed by atoms with Crippen LogP contribution in [0.5, 0.6) is 0 Å². The number of phosphoric ester groups is 1. The molecule has 4 aromatic rings. The maximum absolute atomic E-state index is 12.7. The fraction of sp³-hybridized carbons (Fsp3) is 0.545. The Morgan fingerprint density at radius 2 is 1.62 bits per heavy atom. The molecule has 0 spiro atoms. The predicted molar refractivity (Wildman–Crippen MR) is 169 cm³/mol. The molecule has 2 aliphatic rings. The normalized spacial score (nSPS) is 29.7. The number of aromatic amines is 2. The number of aliphatic hydroxyl groups is 3. The van der Waals surface area contributed by atoms with E-state index in [4.69, 9.17) is 30.2 Å². The average Bonchev–Trinajstić information content (AvgIpc) is 3.77. The topological polar surface area (TPSA) is 413 Å². The van der Waals surface area contributed by atoms with E-state index in [2.05, 4.69) is 33.8 Å². The molecule has 0 amide bonds. The summed E-state index contributed by atoms with van der Waals surface area (Å²) in [6, 6.07) is 0. The van der Waals surface area contributed by atoms with E-state index < -0.39 is 96.7 Å². The number of ether oxygens (including phenoxy) is 3. The number of fused-ring (bicyclic) bond motifs is 2. The Hall–Kier alpha value is -3.53. The molecular formula is C22H32N11O17P3.